The molecule has 0 saturated carbocycles. The Morgan fingerprint density at radius 1 is 0.920 bits per heavy atom. The molecule has 0 bridgehead atoms. The van der Waals surface area contributed by atoms with Gasteiger partial charge in [-0.2, -0.15) is 0 Å². The number of hydrogen-bond donors (Lipinski definition) is 1. The molecule has 0 fully saturated rings. The summed E-state index contributed by atoms with van der Waals surface area (Å²) in [6, 6.07) is 16.0. The predicted molar refractivity (Wildman–Crippen MR) is 94.2 cm³/mol. The summed E-state index contributed by atoms with van der Waals surface area (Å²) in [5.74, 6) is -0.920. The van der Waals surface area contributed by atoms with Gasteiger partial charge in [-0.1, -0.05) is 30.3 Å². The number of nitrogens with zero attached hydrogens (tertiary/aromatic N) is 2. The van der Waals surface area contributed by atoms with E-state index in [1.807, 2.05) is 35.2 Å². The Kier molecular flexibility index (Phi) is 3.69. The van der Waals surface area contributed by atoms with Gasteiger partial charge < -0.3 is 10.0 Å². The number of hydrogen-bond acceptors (Lipinski definition) is 3. The molecule has 0 atom stereocenters. The van der Waals surface area contributed by atoms with Crippen molar-refractivity contribution in [2.24, 2.45) is 4.99 Å². The molecule has 0 unspecified atom stereocenters. The minimum absolute atomic E-state index is 0.0237. The van der Waals surface area contributed by atoms with E-state index in [-0.39, 0.29) is 11.5 Å². The minimum Gasteiger partial charge on any atom is -0.478 e. The van der Waals surface area contributed by atoms with Gasteiger partial charge in [0.1, 0.15) is 0 Å². The number of benzene rings is 2. The van der Waals surface area contributed by atoms with Crippen LogP contribution in [-0.2, 0) is 0 Å². The van der Waals surface area contributed by atoms with E-state index in [1.54, 1.807) is 24.3 Å². The first-order chi connectivity index (χ1) is 12.1. The zero-order valence-electron chi connectivity index (χ0n) is 13.5. The van der Waals surface area contributed by atoms with Gasteiger partial charge >= 0.3 is 5.97 Å². The lowest BCUT2D eigenvalue weighted by Gasteiger charge is -2.18. The average molecular weight is 332 g/mol. The first-order valence-corrected chi connectivity index (χ1v) is 8.07. The monoisotopic (exact) mass is 332 g/mol. The second-order valence-electron chi connectivity index (χ2n) is 6.16. The Labute approximate surface area is 144 Å². The average Bonchev–Trinajstić information content (AvgIpc) is 3.22. The smallest absolute Gasteiger partial charge is 0.335 e. The molecule has 2 aliphatic rings. The maximum absolute atomic E-state index is 12.6. The second kappa shape index (κ2) is 6.02. The summed E-state index contributed by atoms with van der Waals surface area (Å²) in [7, 11) is 0. The summed E-state index contributed by atoms with van der Waals surface area (Å²) >= 11 is 0. The second-order valence-corrected chi connectivity index (χ2v) is 6.16. The highest BCUT2D eigenvalue weighted by Gasteiger charge is 2.32. The fourth-order valence-electron chi connectivity index (χ4n) is 3.29. The van der Waals surface area contributed by atoms with Crippen LogP contribution in [0.4, 0.5) is 0 Å². The van der Waals surface area contributed by atoms with Crippen LogP contribution in [-0.4, -0.2) is 47.2 Å². The van der Waals surface area contributed by atoms with Crippen LogP contribution in [0.5, 0.6) is 0 Å². The van der Waals surface area contributed by atoms with E-state index in [9.17, 15) is 9.59 Å². The summed E-state index contributed by atoms with van der Waals surface area (Å²) in [4.78, 5) is 30.0. The van der Waals surface area contributed by atoms with E-state index in [2.05, 4.69) is 4.99 Å². The molecule has 25 heavy (non-hydrogen) atoms. The quantitative estimate of drug-likeness (QED) is 0.939. The van der Waals surface area contributed by atoms with Crippen molar-refractivity contribution in [2.45, 2.75) is 0 Å². The Hall–Kier alpha value is -3.21. The van der Waals surface area contributed by atoms with Crippen LogP contribution >= 0.6 is 0 Å². The molecule has 0 radical (unpaired) electrons. The molecule has 124 valence electrons. The first-order valence-electron chi connectivity index (χ1n) is 8.07. The molecule has 0 saturated heterocycles. The van der Waals surface area contributed by atoms with Crippen LogP contribution in [0.3, 0.4) is 0 Å². The molecule has 0 aliphatic carbocycles. The molecule has 5 heteroatoms. The Bertz CT molecular complexity index is 912. The summed E-state index contributed by atoms with van der Waals surface area (Å²) in [6.07, 6.45) is 0. The number of carbonyl (C=O) groups excluding carboxylic acids is 1. The molecular weight excluding hydrogens is 316 g/mol. The third-order valence-corrected chi connectivity index (χ3v) is 4.58. The van der Waals surface area contributed by atoms with Gasteiger partial charge in [-0.25, -0.2) is 4.79 Å². The largest absolute Gasteiger partial charge is 0.478 e. The lowest BCUT2D eigenvalue weighted by molar-refractivity contribution is 0.0696. The van der Waals surface area contributed by atoms with E-state index in [0.29, 0.717) is 25.2 Å². The van der Waals surface area contributed by atoms with Crippen molar-refractivity contribution in [1.29, 1.82) is 0 Å². The SMILES string of the molecule is O=C(O)c1ccc(C2=NCC3=C2CN(C(=O)c2ccccc2)C3)cc1. The maximum Gasteiger partial charge on any atom is 0.335 e. The van der Waals surface area contributed by atoms with E-state index in [4.69, 9.17) is 5.11 Å². The molecule has 2 aromatic rings. The van der Waals surface area contributed by atoms with E-state index < -0.39 is 5.97 Å². The van der Waals surface area contributed by atoms with Crippen molar-refractivity contribution in [1.82, 2.24) is 4.90 Å². The highest BCUT2D eigenvalue weighted by molar-refractivity contribution is 6.16. The van der Waals surface area contributed by atoms with Gasteiger partial charge in [-0.3, -0.25) is 9.79 Å². The van der Waals surface area contributed by atoms with Crippen molar-refractivity contribution in [3.05, 3.63) is 82.4 Å². The number of aromatic carboxylic acids is 1. The van der Waals surface area contributed by atoms with Crippen LogP contribution in [0.25, 0.3) is 0 Å². The molecule has 4 rings (SSSR count). The van der Waals surface area contributed by atoms with Gasteiger partial charge in [-0.05, 0) is 29.8 Å². The topological polar surface area (TPSA) is 70.0 Å². The van der Waals surface area contributed by atoms with Crippen molar-refractivity contribution in [2.75, 3.05) is 19.6 Å². The molecule has 0 aromatic heterocycles. The Balaban J connectivity index is 1.53. The Morgan fingerprint density at radius 3 is 2.32 bits per heavy atom. The molecule has 2 aliphatic heterocycles. The van der Waals surface area contributed by atoms with Crippen LogP contribution in [0, 0.1) is 0 Å². The third-order valence-electron chi connectivity index (χ3n) is 4.58. The molecule has 2 aromatic carbocycles. The predicted octanol–water partition coefficient (Wildman–Crippen LogP) is 2.64. The fourth-order valence-corrected chi connectivity index (χ4v) is 3.29. The van der Waals surface area contributed by atoms with E-state index in [0.717, 1.165) is 16.8 Å². The van der Waals surface area contributed by atoms with Crippen LogP contribution in [0.2, 0.25) is 0 Å². The molecule has 2 heterocycles. The van der Waals surface area contributed by atoms with Gasteiger partial charge in [-0.15, -0.1) is 0 Å². The van der Waals surface area contributed by atoms with Crippen molar-refractivity contribution < 1.29 is 14.7 Å². The lowest BCUT2D eigenvalue weighted by Crippen LogP contribution is -2.30. The standard InChI is InChI=1S/C20H16N2O3/c23-19(14-4-2-1-3-5-14)22-11-16-10-21-18(17(16)12-22)13-6-8-15(9-7-13)20(24)25/h1-9H,10-12H2,(H,24,25). The summed E-state index contributed by atoms with van der Waals surface area (Å²) in [5.41, 5.74) is 4.96. The van der Waals surface area contributed by atoms with Crippen molar-refractivity contribution in [3.8, 4) is 0 Å². The third kappa shape index (κ3) is 2.74. The van der Waals surface area contributed by atoms with E-state index >= 15 is 0 Å². The van der Waals surface area contributed by atoms with Gasteiger partial charge in [0.2, 0.25) is 0 Å². The number of amides is 1. The number of rotatable bonds is 3. The highest BCUT2D eigenvalue weighted by Crippen LogP contribution is 2.28. The van der Waals surface area contributed by atoms with Gasteiger partial charge in [0.05, 0.1) is 17.8 Å². The molecule has 5 nitrogen and oxygen atoms in total. The van der Waals surface area contributed by atoms with E-state index in [1.165, 1.54) is 5.57 Å². The summed E-state index contributed by atoms with van der Waals surface area (Å²) in [6.45, 7) is 1.75. The first kappa shape index (κ1) is 15.3. The summed E-state index contributed by atoms with van der Waals surface area (Å²) in [5, 5.41) is 9.01. The van der Waals surface area contributed by atoms with Crippen LogP contribution in [0.15, 0.2) is 70.7 Å². The minimum atomic E-state index is -0.944. The van der Waals surface area contributed by atoms with Crippen molar-refractivity contribution in [3.63, 3.8) is 0 Å². The van der Waals surface area contributed by atoms with Gasteiger partial charge in [0.25, 0.3) is 5.91 Å². The zero-order valence-corrected chi connectivity index (χ0v) is 13.5. The van der Waals surface area contributed by atoms with Crippen molar-refractivity contribution >= 4 is 17.6 Å². The number of carboxylic acid groups (broad SMARTS) is 1. The van der Waals surface area contributed by atoms with Crippen LogP contribution < -0.4 is 0 Å². The normalized spacial score (nSPS) is 16.0. The van der Waals surface area contributed by atoms with Crippen LogP contribution in [0.1, 0.15) is 26.3 Å². The number of carbonyl (C=O) groups is 2. The highest BCUT2D eigenvalue weighted by atomic mass is 16.4. The molecular formula is C20H16N2O3. The molecule has 1 N–H and O–H groups in total. The lowest BCUT2D eigenvalue weighted by atomic mass is 10.0. The molecule has 0 spiro atoms. The summed E-state index contributed by atoms with van der Waals surface area (Å²) < 4.78 is 0. The zero-order chi connectivity index (χ0) is 17.4. The maximum atomic E-state index is 12.6. The molecule has 1 amide bonds. The van der Waals surface area contributed by atoms with Gasteiger partial charge in [0.15, 0.2) is 0 Å². The van der Waals surface area contributed by atoms with Gasteiger partial charge in [0, 0.05) is 29.8 Å². The Morgan fingerprint density at radius 2 is 1.64 bits per heavy atom. The fraction of sp³-hybridized carbons (Fsp3) is 0.150. The number of carboxylic acids is 1. The number of aliphatic imine (C=N–C) groups is 1.